The van der Waals surface area contributed by atoms with E-state index in [1.165, 1.54) is 40.3 Å². The van der Waals surface area contributed by atoms with Gasteiger partial charge in [-0.15, -0.1) is 16.9 Å². The first-order valence-electron chi connectivity index (χ1n) is 15.8. The van der Waals surface area contributed by atoms with E-state index in [4.69, 9.17) is 0 Å². The Labute approximate surface area is 285 Å². The zero-order valence-corrected chi connectivity index (χ0v) is 30.2. The van der Waals surface area contributed by atoms with Gasteiger partial charge in [-0.3, -0.25) is 14.4 Å². The monoisotopic (exact) mass is 702 g/mol. The molecule has 3 amide bonds. The van der Waals surface area contributed by atoms with E-state index in [1.807, 2.05) is 0 Å². The predicted octanol–water partition coefficient (Wildman–Crippen LogP) is 3.31. The van der Waals surface area contributed by atoms with Gasteiger partial charge in [-0.1, -0.05) is 43.8 Å². The maximum absolute atomic E-state index is 14.3. The molecule has 1 fully saturated rings. The van der Waals surface area contributed by atoms with Gasteiger partial charge in [0.2, 0.25) is 5.91 Å². The molecule has 2 aromatic carbocycles. The van der Waals surface area contributed by atoms with E-state index in [1.54, 1.807) is 42.5 Å². The molecule has 0 bridgehead atoms. The topological polar surface area (TPSA) is 134 Å². The highest BCUT2D eigenvalue weighted by Crippen LogP contribution is 2.30. The smallest absolute Gasteiger partial charge is 0.283 e. The number of nitrogens with one attached hydrogen (secondary N) is 2. The Kier molecular flexibility index (Phi) is 9.07. The van der Waals surface area contributed by atoms with Crippen LogP contribution in [0.3, 0.4) is 0 Å². The summed E-state index contributed by atoms with van der Waals surface area (Å²) in [6, 6.07) is 14.0. The Morgan fingerprint density at radius 2 is 1.79 bits per heavy atom. The van der Waals surface area contributed by atoms with Crippen LogP contribution in [0.25, 0.3) is 10.9 Å². The number of nitrogens with zero attached hydrogens (tertiary/aromatic N) is 4. The maximum Gasteiger partial charge on any atom is 0.283 e. The van der Waals surface area contributed by atoms with Crippen molar-refractivity contribution in [2.75, 3.05) is 26.7 Å². The number of piperazine rings is 1. The first-order chi connectivity index (χ1) is 22.8. The normalized spacial score (nSPS) is 18.2. The van der Waals surface area contributed by atoms with E-state index >= 15 is 0 Å². The van der Waals surface area contributed by atoms with Gasteiger partial charge in [-0.05, 0) is 43.3 Å². The van der Waals surface area contributed by atoms with Crippen molar-refractivity contribution in [2.24, 2.45) is 0 Å². The molecule has 2 atom stereocenters. The van der Waals surface area contributed by atoms with Crippen LogP contribution in [0.1, 0.15) is 43.3 Å². The molecule has 250 valence electrons. The maximum atomic E-state index is 14.3. The number of hydrogen-bond donors (Lipinski definition) is 2. The summed E-state index contributed by atoms with van der Waals surface area (Å²) in [5, 5.41) is 6.86. The molecule has 0 saturated carbocycles. The fraction of sp³-hybridized carbons (Fsp3) is 0.353. The summed E-state index contributed by atoms with van der Waals surface area (Å²) >= 11 is 1.32. The summed E-state index contributed by atoms with van der Waals surface area (Å²) < 4.78 is 29.3. The number of hydrogen-bond acceptors (Lipinski definition) is 8. The average molecular weight is 703 g/mol. The number of amides is 3. The van der Waals surface area contributed by atoms with Crippen molar-refractivity contribution >= 4 is 58.1 Å². The van der Waals surface area contributed by atoms with Gasteiger partial charge in [-0.2, -0.15) is 0 Å². The minimum absolute atomic E-state index is 0.0357. The SMILES string of the molecule is CNC(=O)C1CN(C(=O)c2cc3cc(C#C[Si](C)(C)C)ccc3n2S(=O)(=O)c2ccccc2)CCN1C(=O)c1nc2c(s1)CNC(C)C2. The van der Waals surface area contributed by atoms with Crippen LogP contribution in [0.5, 0.6) is 0 Å². The van der Waals surface area contributed by atoms with Crippen LogP contribution in [0.4, 0.5) is 0 Å². The Hall–Kier alpha value is -4.29. The molecule has 14 heteroatoms. The molecule has 2 aliphatic rings. The summed E-state index contributed by atoms with van der Waals surface area (Å²) in [5.74, 6) is 1.85. The van der Waals surface area contributed by atoms with Crippen molar-refractivity contribution in [3.63, 3.8) is 0 Å². The average Bonchev–Trinajstić information content (AvgIpc) is 3.68. The number of thiazole rings is 1. The molecule has 2 N–H and O–H groups in total. The summed E-state index contributed by atoms with van der Waals surface area (Å²) in [6.45, 7) is 9.17. The predicted molar refractivity (Wildman–Crippen MR) is 188 cm³/mol. The number of benzene rings is 2. The molecule has 2 aromatic heterocycles. The first-order valence-corrected chi connectivity index (χ1v) is 21.6. The van der Waals surface area contributed by atoms with E-state index in [9.17, 15) is 22.8 Å². The summed E-state index contributed by atoms with van der Waals surface area (Å²) in [7, 11) is -4.40. The van der Waals surface area contributed by atoms with Crippen molar-refractivity contribution in [2.45, 2.75) is 56.5 Å². The second kappa shape index (κ2) is 13.0. The standard InChI is InChI=1S/C34H38N6O5S2Si/c1-22-17-26-30(20-36-22)46-32(37-26)34(43)39-15-14-38(21-29(39)31(41)35-2)33(42)28-19-24-18-23(13-16-48(3,4)5)11-12-27(24)40(28)47(44,45)25-9-7-6-8-10-25/h6-12,18-19,22,29,36H,14-15,17,20-21H2,1-5H3,(H,35,41). The number of rotatable bonds is 5. The molecule has 2 unspecified atom stereocenters. The van der Waals surface area contributed by atoms with Crippen LogP contribution in [0, 0.1) is 11.5 Å². The van der Waals surface area contributed by atoms with Crippen LogP contribution in [-0.2, 0) is 27.8 Å². The molecular weight excluding hydrogens is 665 g/mol. The zero-order valence-electron chi connectivity index (χ0n) is 27.5. The lowest BCUT2D eigenvalue weighted by atomic mass is 10.1. The molecule has 1 saturated heterocycles. The molecule has 11 nitrogen and oxygen atoms in total. The van der Waals surface area contributed by atoms with Gasteiger partial charge in [0, 0.05) is 55.0 Å². The van der Waals surface area contributed by atoms with E-state index in [2.05, 4.69) is 53.6 Å². The second-order valence-electron chi connectivity index (χ2n) is 13.1. The molecule has 0 radical (unpaired) electrons. The van der Waals surface area contributed by atoms with Crippen molar-refractivity contribution < 1.29 is 22.8 Å². The third kappa shape index (κ3) is 6.55. The second-order valence-corrected chi connectivity index (χ2v) is 20.8. The molecular formula is C34H38N6O5S2Si. The van der Waals surface area contributed by atoms with E-state index < -0.39 is 36.0 Å². The van der Waals surface area contributed by atoms with Crippen LogP contribution in [0.15, 0.2) is 59.5 Å². The molecule has 48 heavy (non-hydrogen) atoms. The largest absolute Gasteiger partial charge is 0.357 e. The van der Waals surface area contributed by atoms with Gasteiger partial charge >= 0.3 is 0 Å². The summed E-state index contributed by atoms with van der Waals surface area (Å²) in [5.41, 5.74) is 5.22. The van der Waals surface area contributed by atoms with Gasteiger partial charge < -0.3 is 20.4 Å². The Morgan fingerprint density at radius 3 is 2.50 bits per heavy atom. The number of likely N-dealkylation sites (N-methyl/N-ethyl adjacent to an activating group) is 1. The summed E-state index contributed by atoms with van der Waals surface area (Å²) in [6.07, 6.45) is 0.715. The third-order valence-electron chi connectivity index (χ3n) is 8.39. The van der Waals surface area contributed by atoms with E-state index in [-0.39, 0.29) is 42.2 Å². The zero-order chi connectivity index (χ0) is 34.4. The van der Waals surface area contributed by atoms with Gasteiger partial charge in [0.05, 0.1) is 22.7 Å². The highest BCUT2D eigenvalue weighted by atomic mass is 32.2. The van der Waals surface area contributed by atoms with Gasteiger partial charge in [0.15, 0.2) is 5.01 Å². The Balaban J connectivity index is 1.36. The minimum atomic E-state index is -4.20. The van der Waals surface area contributed by atoms with E-state index in [0.717, 1.165) is 20.1 Å². The molecule has 4 heterocycles. The fourth-order valence-electron chi connectivity index (χ4n) is 5.92. The van der Waals surface area contributed by atoms with Gasteiger partial charge in [-0.25, -0.2) is 17.4 Å². The number of fused-ring (bicyclic) bond motifs is 2. The molecule has 0 aliphatic carbocycles. The number of carbonyl (C=O) groups is 3. The highest BCUT2D eigenvalue weighted by Gasteiger charge is 2.40. The van der Waals surface area contributed by atoms with Crippen LogP contribution >= 0.6 is 11.3 Å². The summed E-state index contributed by atoms with van der Waals surface area (Å²) in [4.78, 5) is 49.9. The first kappa shape index (κ1) is 33.6. The lowest BCUT2D eigenvalue weighted by molar-refractivity contribution is -0.126. The lowest BCUT2D eigenvalue weighted by Gasteiger charge is -2.40. The number of carbonyl (C=O) groups excluding carboxylic acids is 3. The van der Waals surface area contributed by atoms with Crippen molar-refractivity contribution in [3.05, 3.63) is 81.4 Å². The van der Waals surface area contributed by atoms with Crippen molar-refractivity contribution in [3.8, 4) is 11.5 Å². The molecule has 0 spiro atoms. The lowest BCUT2D eigenvalue weighted by Crippen LogP contribution is -2.61. The van der Waals surface area contributed by atoms with Crippen molar-refractivity contribution in [1.29, 1.82) is 0 Å². The molecule has 2 aliphatic heterocycles. The fourth-order valence-corrected chi connectivity index (χ4v) is 8.96. The Morgan fingerprint density at radius 1 is 1.04 bits per heavy atom. The van der Waals surface area contributed by atoms with Crippen LogP contribution < -0.4 is 10.6 Å². The minimum Gasteiger partial charge on any atom is -0.357 e. The van der Waals surface area contributed by atoms with Gasteiger partial charge in [0.25, 0.3) is 21.8 Å². The number of aromatic nitrogens is 2. The molecule has 6 rings (SSSR count). The Bertz CT molecular complexity index is 2090. The van der Waals surface area contributed by atoms with Crippen LogP contribution in [-0.4, -0.2) is 91.7 Å². The molecule has 4 aromatic rings. The van der Waals surface area contributed by atoms with E-state index in [0.29, 0.717) is 28.9 Å². The quantitative estimate of drug-likeness (QED) is 0.241. The third-order valence-corrected chi connectivity index (χ3v) is 12.1. The van der Waals surface area contributed by atoms with Crippen molar-refractivity contribution in [1.82, 2.24) is 29.4 Å². The van der Waals surface area contributed by atoms with Gasteiger partial charge in [0.1, 0.15) is 19.8 Å². The van der Waals surface area contributed by atoms with Crippen LogP contribution in [0.2, 0.25) is 19.6 Å². The highest BCUT2D eigenvalue weighted by molar-refractivity contribution is 7.90.